The van der Waals surface area contributed by atoms with Crippen molar-refractivity contribution < 1.29 is 22.7 Å². The number of aromatic amines is 3. The lowest BCUT2D eigenvalue weighted by atomic mass is 10.1. The Bertz CT molecular complexity index is 1840. The van der Waals surface area contributed by atoms with E-state index in [-0.39, 0.29) is 22.9 Å². The molecule has 0 atom stereocenters. The summed E-state index contributed by atoms with van der Waals surface area (Å²) in [6.45, 7) is 3.39. The molecule has 3 aromatic carbocycles. The first kappa shape index (κ1) is 37.0. The number of nitrogens with zero attached hydrogens (tertiary/aromatic N) is 4. The predicted octanol–water partition coefficient (Wildman–Crippen LogP) is 7.94. The van der Waals surface area contributed by atoms with Gasteiger partial charge in [-0.2, -0.15) is 0 Å². The van der Waals surface area contributed by atoms with Crippen LogP contribution in [0.2, 0.25) is 5.02 Å². The molecule has 0 radical (unpaired) electrons. The van der Waals surface area contributed by atoms with Gasteiger partial charge in [0.2, 0.25) is 0 Å². The van der Waals surface area contributed by atoms with Crippen molar-refractivity contribution in [2.45, 2.75) is 33.2 Å². The normalized spacial score (nSPS) is 10.4. The van der Waals surface area contributed by atoms with Gasteiger partial charge in [0.1, 0.15) is 17.5 Å². The number of benzene rings is 3. The van der Waals surface area contributed by atoms with E-state index in [1.54, 1.807) is 60.7 Å². The van der Waals surface area contributed by atoms with Crippen molar-refractivity contribution in [3.8, 4) is 0 Å². The minimum atomic E-state index is -0.735. The van der Waals surface area contributed by atoms with Crippen LogP contribution in [0.4, 0.5) is 34.6 Å². The van der Waals surface area contributed by atoms with Crippen LogP contribution in [0.25, 0.3) is 0 Å². The zero-order valence-electron chi connectivity index (χ0n) is 26.1. The number of halogens is 6. The number of hydrogen-bond acceptors (Lipinski definition) is 7. The van der Waals surface area contributed by atoms with E-state index in [9.17, 15) is 17.6 Å². The largest absolute Gasteiger partial charge is 0.391 e. The standard InChI is InChI=1S/C13H15F2N3O.C10H9BrFN3.C10H9ClFN3/c1-2-18(6-9-5-16-8-17-9)12-4-3-11(14)10(7-19)13(12)15;11-9-3-7(1-2-10(9)12)14-5-8-4-13-6-15-8;11-7-1-8(12)3-9(2-7)14-5-10-4-13-6-15-10/h3-5,8,19H,2,6-7H2,1H3,(H,16,17);2*1-4,6,14H,5H2,(H,13,15). The molecule has 0 spiro atoms. The predicted molar refractivity (Wildman–Crippen MR) is 185 cm³/mol. The molecule has 0 aliphatic rings. The molecule has 6 N–H and O–H groups in total. The Labute approximate surface area is 293 Å². The van der Waals surface area contributed by atoms with Crippen molar-refractivity contribution in [1.29, 1.82) is 0 Å². The first-order chi connectivity index (χ1) is 23.7. The van der Waals surface area contributed by atoms with Crippen molar-refractivity contribution in [2.75, 3.05) is 22.1 Å². The summed E-state index contributed by atoms with van der Waals surface area (Å²) >= 11 is 8.84. The number of anilines is 3. The smallest absolute Gasteiger partial charge is 0.154 e. The lowest BCUT2D eigenvalue weighted by Gasteiger charge is -2.23. The molecule has 0 unspecified atom stereocenters. The number of imidazole rings is 3. The number of aliphatic hydroxyl groups is 1. The highest BCUT2D eigenvalue weighted by Crippen LogP contribution is 2.26. The average Bonchev–Trinajstić information content (AvgIpc) is 3.89. The molecule has 3 heterocycles. The van der Waals surface area contributed by atoms with E-state index < -0.39 is 18.2 Å². The minimum Gasteiger partial charge on any atom is -0.391 e. The quantitative estimate of drug-likeness (QED) is 0.0739. The molecule has 0 saturated heterocycles. The van der Waals surface area contributed by atoms with E-state index in [4.69, 9.17) is 16.7 Å². The highest BCUT2D eigenvalue weighted by atomic mass is 79.9. The highest BCUT2D eigenvalue weighted by Gasteiger charge is 2.17. The van der Waals surface area contributed by atoms with E-state index in [1.165, 1.54) is 30.3 Å². The molecular formula is C33H33BrClF4N9O. The Kier molecular flexibility index (Phi) is 14.0. The maximum absolute atomic E-state index is 14.1. The second kappa shape index (κ2) is 18.6. The van der Waals surface area contributed by atoms with E-state index in [0.717, 1.165) is 22.8 Å². The van der Waals surface area contributed by atoms with Gasteiger partial charge in [0.05, 0.1) is 78.0 Å². The summed E-state index contributed by atoms with van der Waals surface area (Å²) in [5.74, 6) is -2.07. The summed E-state index contributed by atoms with van der Waals surface area (Å²) in [5, 5.41) is 15.6. The van der Waals surface area contributed by atoms with Gasteiger partial charge < -0.3 is 35.6 Å². The SMILES string of the molecule is CCN(Cc1cnc[nH]1)c1ccc(F)c(CO)c1F.Fc1cc(Cl)cc(NCc2cnc[nH]2)c1.Fc1ccc(NCc2cnc[nH]2)cc1Br. The zero-order chi connectivity index (χ0) is 35.2. The number of aliphatic hydroxyl groups excluding tert-OH is 1. The molecule has 6 rings (SSSR count). The van der Waals surface area contributed by atoms with Crippen molar-refractivity contribution in [2.24, 2.45) is 0 Å². The minimum absolute atomic E-state index is 0.262. The van der Waals surface area contributed by atoms with Crippen LogP contribution in [-0.4, -0.2) is 41.6 Å². The van der Waals surface area contributed by atoms with E-state index >= 15 is 0 Å². The van der Waals surface area contributed by atoms with Gasteiger partial charge in [-0.25, -0.2) is 32.5 Å². The van der Waals surface area contributed by atoms with E-state index in [1.807, 2.05) is 6.92 Å². The van der Waals surface area contributed by atoms with E-state index in [0.29, 0.717) is 41.4 Å². The zero-order valence-corrected chi connectivity index (χ0v) is 28.5. The fourth-order valence-corrected chi connectivity index (χ4v) is 4.94. The van der Waals surface area contributed by atoms with Crippen LogP contribution in [0.3, 0.4) is 0 Å². The first-order valence-electron chi connectivity index (χ1n) is 14.8. The van der Waals surface area contributed by atoms with Gasteiger partial charge in [-0.15, -0.1) is 0 Å². The molecule has 6 aromatic rings. The lowest BCUT2D eigenvalue weighted by Crippen LogP contribution is -2.24. The molecule has 10 nitrogen and oxygen atoms in total. The number of rotatable bonds is 11. The monoisotopic (exact) mass is 761 g/mol. The summed E-state index contributed by atoms with van der Waals surface area (Å²) in [5.41, 5.74) is 4.21. The van der Waals surface area contributed by atoms with Gasteiger partial charge in [0.15, 0.2) is 5.82 Å². The topological polar surface area (TPSA) is 134 Å². The number of H-pyrrole nitrogens is 3. The van der Waals surface area contributed by atoms with Gasteiger partial charge in [-0.1, -0.05) is 11.6 Å². The lowest BCUT2D eigenvalue weighted by molar-refractivity contribution is 0.269. The van der Waals surface area contributed by atoms with E-state index in [2.05, 4.69) is 56.5 Å². The molecule has 0 saturated carbocycles. The van der Waals surface area contributed by atoms with Gasteiger partial charge in [0.25, 0.3) is 0 Å². The second-order valence-electron chi connectivity index (χ2n) is 10.3. The summed E-state index contributed by atoms with van der Waals surface area (Å²) in [7, 11) is 0. The molecular weight excluding hydrogens is 730 g/mol. The molecule has 0 amide bonds. The summed E-state index contributed by atoms with van der Waals surface area (Å²) in [6, 6.07) is 11.7. The average molecular weight is 763 g/mol. The molecule has 3 aromatic heterocycles. The summed E-state index contributed by atoms with van der Waals surface area (Å²) < 4.78 is 53.8. The van der Waals surface area contributed by atoms with Crippen LogP contribution in [0.15, 0.2) is 90.6 Å². The Morgan fingerprint density at radius 2 is 1.37 bits per heavy atom. The van der Waals surface area contributed by atoms with Crippen molar-refractivity contribution in [3.05, 3.63) is 142 Å². The molecule has 258 valence electrons. The number of nitrogens with one attached hydrogen (secondary N) is 5. The molecule has 0 aliphatic heterocycles. The Balaban J connectivity index is 0.000000167. The Morgan fingerprint density at radius 3 is 1.90 bits per heavy atom. The molecule has 0 fully saturated rings. The Hall–Kier alpha value is -4.86. The third kappa shape index (κ3) is 11.4. The Morgan fingerprint density at radius 1 is 0.776 bits per heavy atom. The fraction of sp³-hybridized carbons (Fsp3) is 0.182. The van der Waals surface area contributed by atoms with Crippen molar-refractivity contribution in [3.63, 3.8) is 0 Å². The highest BCUT2D eigenvalue weighted by molar-refractivity contribution is 9.10. The van der Waals surface area contributed by atoms with Crippen LogP contribution < -0.4 is 15.5 Å². The third-order valence-corrected chi connectivity index (χ3v) is 7.65. The first-order valence-corrected chi connectivity index (χ1v) is 16.0. The number of hydrogen-bond donors (Lipinski definition) is 6. The van der Waals surface area contributed by atoms with Crippen molar-refractivity contribution in [1.82, 2.24) is 29.9 Å². The fourth-order valence-electron chi connectivity index (χ4n) is 4.34. The van der Waals surface area contributed by atoms with Gasteiger partial charge in [0, 0.05) is 41.5 Å². The van der Waals surface area contributed by atoms with Gasteiger partial charge in [-0.3, -0.25) is 0 Å². The summed E-state index contributed by atoms with van der Waals surface area (Å²) in [4.78, 5) is 22.3. The van der Waals surface area contributed by atoms with Crippen LogP contribution in [-0.2, 0) is 26.2 Å². The van der Waals surface area contributed by atoms with Crippen molar-refractivity contribution >= 4 is 44.6 Å². The molecule has 0 aliphatic carbocycles. The maximum Gasteiger partial charge on any atom is 0.154 e. The maximum atomic E-state index is 14.1. The van der Waals surface area contributed by atoms with Crippen LogP contribution in [0.1, 0.15) is 29.6 Å². The second-order valence-corrected chi connectivity index (χ2v) is 11.5. The van der Waals surface area contributed by atoms with Crippen LogP contribution in [0, 0.1) is 23.3 Å². The molecule has 49 heavy (non-hydrogen) atoms. The molecule has 16 heteroatoms. The van der Waals surface area contributed by atoms with Gasteiger partial charge in [-0.05, 0) is 71.4 Å². The number of aromatic nitrogens is 6. The molecule has 0 bridgehead atoms. The third-order valence-electron chi connectivity index (χ3n) is 6.82. The van der Waals surface area contributed by atoms with Gasteiger partial charge >= 0.3 is 0 Å². The van der Waals surface area contributed by atoms with Crippen LogP contribution >= 0.6 is 27.5 Å². The summed E-state index contributed by atoms with van der Waals surface area (Å²) in [6.07, 6.45) is 9.85. The van der Waals surface area contributed by atoms with Crippen LogP contribution in [0.5, 0.6) is 0 Å².